The lowest BCUT2D eigenvalue weighted by Gasteiger charge is -2.15. The average Bonchev–Trinajstić information content (AvgIpc) is 2.38. The van der Waals surface area contributed by atoms with Gasteiger partial charge in [0.1, 0.15) is 0 Å². The number of anilines is 1. The van der Waals surface area contributed by atoms with Crippen LogP contribution in [0.3, 0.4) is 0 Å². The largest absolute Gasteiger partial charge is 0.399 e. The van der Waals surface area contributed by atoms with E-state index < -0.39 is 0 Å². The van der Waals surface area contributed by atoms with E-state index in [4.69, 9.17) is 5.73 Å². The molecule has 4 heteroatoms. The summed E-state index contributed by atoms with van der Waals surface area (Å²) in [7, 11) is 0. The van der Waals surface area contributed by atoms with Gasteiger partial charge in [-0.1, -0.05) is 45.8 Å². The van der Waals surface area contributed by atoms with Gasteiger partial charge in [-0.3, -0.25) is 4.79 Å². The molecule has 0 unspecified atom stereocenters. The van der Waals surface area contributed by atoms with Crippen LogP contribution in [-0.4, -0.2) is 5.91 Å². The summed E-state index contributed by atoms with van der Waals surface area (Å²) in [5, 5.41) is 2.97. The molecule has 1 atom stereocenters. The van der Waals surface area contributed by atoms with Crippen LogP contribution in [0.1, 0.15) is 34.5 Å². The summed E-state index contributed by atoms with van der Waals surface area (Å²) < 4.78 is 0.797. The van der Waals surface area contributed by atoms with E-state index in [-0.39, 0.29) is 11.9 Å². The fraction of sp³-hybridized carbons (Fsp3) is 0.188. The van der Waals surface area contributed by atoms with Crippen LogP contribution in [0.15, 0.2) is 46.9 Å². The quantitative estimate of drug-likeness (QED) is 0.839. The van der Waals surface area contributed by atoms with Crippen molar-refractivity contribution in [3.05, 3.63) is 63.6 Å². The van der Waals surface area contributed by atoms with E-state index in [1.807, 2.05) is 38.1 Å². The van der Waals surface area contributed by atoms with Gasteiger partial charge in [-0.05, 0) is 37.6 Å². The number of nitrogens with two attached hydrogens (primary N) is 1. The maximum Gasteiger partial charge on any atom is 0.251 e. The van der Waals surface area contributed by atoms with Crippen molar-refractivity contribution in [2.45, 2.75) is 19.9 Å². The number of amides is 1. The molecule has 0 fully saturated rings. The number of benzene rings is 2. The van der Waals surface area contributed by atoms with Crippen LogP contribution in [0.2, 0.25) is 0 Å². The molecule has 0 saturated carbocycles. The van der Waals surface area contributed by atoms with Crippen molar-refractivity contribution in [3.8, 4) is 0 Å². The van der Waals surface area contributed by atoms with E-state index in [0.717, 1.165) is 10.0 Å². The summed E-state index contributed by atoms with van der Waals surface area (Å²) in [4.78, 5) is 12.2. The first kappa shape index (κ1) is 14.6. The molecule has 0 heterocycles. The van der Waals surface area contributed by atoms with Crippen LogP contribution in [0, 0.1) is 6.92 Å². The summed E-state index contributed by atoms with van der Waals surface area (Å²) >= 11 is 3.34. The van der Waals surface area contributed by atoms with E-state index >= 15 is 0 Å². The van der Waals surface area contributed by atoms with Gasteiger partial charge in [0, 0.05) is 15.7 Å². The molecule has 2 aromatic carbocycles. The monoisotopic (exact) mass is 332 g/mol. The first-order valence-corrected chi connectivity index (χ1v) is 7.18. The third kappa shape index (κ3) is 3.61. The predicted octanol–water partition coefficient (Wildman–Crippen LogP) is 3.83. The summed E-state index contributed by atoms with van der Waals surface area (Å²) in [6.45, 7) is 4.00. The minimum atomic E-state index is -0.133. The smallest absolute Gasteiger partial charge is 0.251 e. The molecule has 0 aromatic heterocycles. The molecule has 3 nitrogen and oxygen atoms in total. The van der Waals surface area contributed by atoms with E-state index in [9.17, 15) is 4.79 Å². The minimum absolute atomic E-state index is 0.0525. The van der Waals surface area contributed by atoms with Gasteiger partial charge in [0.15, 0.2) is 0 Å². The Morgan fingerprint density at radius 1 is 1.20 bits per heavy atom. The zero-order chi connectivity index (χ0) is 14.7. The van der Waals surface area contributed by atoms with Crippen molar-refractivity contribution >= 4 is 27.5 Å². The lowest BCUT2D eigenvalue weighted by Crippen LogP contribution is -2.26. The standard InChI is InChI=1S/C16H17BrN2O/c1-10-3-5-12(6-4-10)11(2)19-16(20)13-7-14(17)9-15(18)8-13/h3-9,11H,18H2,1-2H3,(H,19,20)/t11-/m0/s1. The molecule has 1 amide bonds. The van der Waals surface area contributed by atoms with Gasteiger partial charge in [-0.2, -0.15) is 0 Å². The Bertz CT molecular complexity index is 603. The highest BCUT2D eigenvalue weighted by molar-refractivity contribution is 9.10. The average molecular weight is 333 g/mol. The summed E-state index contributed by atoms with van der Waals surface area (Å²) in [6.07, 6.45) is 0. The second kappa shape index (κ2) is 6.09. The van der Waals surface area contributed by atoms with Gasteiger partial charge in [0.05, 0.1) is 6.04 Å². The molecule has 2 aromatic rings. The Kier molecular flexibility index (Phi) is 4.45. The first-order chi connectivity index (χ1) is 9.45. The third-order valence-corrected chi connectivity index (χ3v) is 3.57. The molecule has 0 aliphatic carbocycles. The summed E-state index contributed by atoms with van der Waals surface area (Å²) in [5.41, 5.74) is 9.14. The number of nitrogen functional groups attached to an aromatic ring is 1. The molecule has 0 aliphatic rings. The molecule has 0 aliphatic heterocycles. The van der Waals surface area contributed by atoms with Crippen LogP contribution in [-0.2, 0) is 0 Å². The van der Waals surface area contributed by atoms with Crippen molar-refractivity contribution in [1.29, 1.82) is 0 Å². The molecule has 3 N–H and O–H groups in total. The van der Waals surface area contributed by atoms with Gasteiger partial charge in [-0.15, -0.1) is 0 Å². The fourth-order valence-electron chi connectivity index (χ4n) is 1.96. The molecule has 0 saturated heterocycles. The number of halogens is 1. The number of hydrogen-bond donors (Lipinski definition) is 2. The van der Waals surface area contributed by atoms with Crippen molar-refractivity contribution in [1.82, 2.24) is 5.32 Å². The number of carbonyl (C=O) groups is 1. The van der Waals surface area contributed by atoms with Crippen molar-refractivity contribution in [2.75, 3.05) is 5.73 Å². The molecular formula is C16H17BrN2O. The van der Waals surface area contributed by atoms with E-state index in [1.165, 1.54) is 5.56 Å². The highest BCUT2D eigenvalue weighted by Crippen LogP contribution is 2.19. The number of carbonyl (C=O) groups excluding carboxylic acids is 1. The zero-order valence-corrected chi connectivity index (χ0v) is 13.1. The van der Waals surface area contributed by atoms with E-state index in [2.05, 4.69) is 21.2 Å². The summed E-state index contributed by atoms with van der Waals surface area (Å²) in [5.74, 6) is -0.133. The van der Waals surface area contributed by atoms with Crippen molar-refractivity contribution in [3.63, 3.8) is 0 Å². The zero-order valence-electron chi connectivity index (χ0n) is 11.5. The SMILES string of the molecule is Cc1ccc([C@H](C)NC(=O)c2cc(N)cc(Br)c2)cc1. The van der Waals surface area contributed by atoms with Crippen LogP contribution in [0.4, 0.5) is 5.69 Å². The van der Waals surface area contributed by atoms with Gasteiger partial charge in [0.25, 0.3) is 5.91 Å². The molecule has 104 valence electrons. The molecule has 0 bridgehead atoms. The van der Waals surface area contributed by atoms with E-state index in [0.29, 0.717) is 11.3 Å². The Labute approximate surface area is 127 Å². The normalized spacial score (nSPS) is 11.9. The molecular weight excluding hydrogens is 316 g/mol. The summed E-state index contributed by atoms with van der Waals surface area (Å²) in [6, 6.07) is 13.3. The van der Waals surface area contributed by atoms with Gasteiger partial charge >= 0.3 is 0 Å². The highest BCUT2D eigenvalue weighted by Gasteiger charge is 2.12. The molecule has 2 rings (SSSR count). The van der Waals surface area contributed by atoms with Crippen LogP contribution in [0.25, 0.3) is 0 Å². The Morgan fingerprint density at radius 2 is 1.85 bits per heavy atom. The molecule has 0 spiro atoms. The van der Waals surface area contributed by atoms with E-state index in [1.54, 1.807) is 18.2 Å². The number of rotatable bonds is 3. The van der Waals surface area contributed by atoms with Gasteiger partial charge < -0.3 is 11.1 Å². The second-order valence-corrected chi connectivity index (χ2v) is 5.79. The highest BCUT2D eigenvalue weighted by atomic mass is 79.9. The maximum absolute atomic E-state index is 12.2. The van der Waals surface area contributed by atoms with Crippen molar-refractivity contribution < 1.29 is 4.79 Å². The fourth-order valence-corrected chi connectivity index (χ4v) is 2.47. The van der Waals surface area contributed by atoms with Crippen molar-refractivity contribution in [2.24, 2.45) is 0 Å². The van der Waals surface area contributed by atoms with Gasteiger partial charge in [-0.25, -0.2) is 0 Å². The third-order valence-electron chi connectivity index (χ3n) is 3.11. The number of hydrogen-bond acceptors (Lipinski definition) is 2. The first-order valence-electron chi connectivity index (χ1n) is 6.39. The van der Waals surface area contributed by atoms with Crippen LogP contribution >= 0.6 is 15.9 Å². The molecule has 20 heavy (non-hydrogen) atoms. The van der Waals surface area contributed by atoms with Crippen LogP contribution < -0.4 is 11.1 Å². The lowest BCUT2D eigenvalue weighted by molar-refractivity contribution is 0.0940. The van der Waals surface area contributed by atoms with Gasteiger partial charge in [0.2, 0.25) is 0 Å². The Morgan fingerprint density at radius 3 is 2.45 bits per heavy atom. The second-order valence-electron chi connectivity index (χ2n) is 4.88. The lowest BCUT2D eigenvalue weighted by atomic mass is 10.1. The number of nitrogens with one attached hydrogen (secondary N) is 1. The molecule has 0 radical (unpaired) electrons. The Hall–Kier alpha value is -1.81. The number of aryl methyl sites for hydroxylation is 1. The maximum atomic E-state index is 12.2. The predicted molar refractivity (Wildman–Crippen MR) is 85.6 cm³/mol. The topological polar surface area (TPSA) is 55.1 Å². The van der Waals surface area contributed by atoms with Crippen LogP contribution in [0.5, 0.6) is 0 Å². The Balaban J connectivity index is 2.12. The minimum Gasteiger partial charge on any atom is -0.399 e.